The standard InChI is InChI=1S/C39H37N3O6Se/c1-45-31-19-17-30(18-20-31)39(28-11-5-2-6-12-28,29-13-7-3-8-14-29)47-27-33-36(49-32-15-9-4-10-16-32)35(41-23-25-46-26-24-41)37(48-33)42-22-21-34(43)40-38(42)44/h2-22,33,37H,23-27H2,1H3,(H,40,43,44)/t33-,37-/m1/s1. The molecular formula is C39H37N3O6Se. The Morgan fingerprint density at radius 3 is 1.98 bits per heavy atom. The van der Waals surface area contributed by atoms with Crippen molar-refractivity contribution in [3.8, 4) is 5.75 Å². The number of hydrogen-bond donors (Lipinski definition) is 1. The molecule has 250 valence electrons. The molecule has 1 fully saturated rings. The van der Waals surface area contributed by atoms with Gasteiger partial charge >= 0.3 is 292 Å². The third-order valence-corrected chi connectivity index (χ3v) is 11.3. The van der Waals surface area contributed by atoms with Crippen molar-refractivity contribution in [2.45, 2.75) is 17.9 Å². The van der Waals surface area contributed by atoms with Gasteiger partial charge in [0.2, 0.25) is 0 Å². The van der Waals surface area contributed by atoms with Crippen molar-refractivity contribution in [1.29, 1.82) is 0 Å². The zero-order valence-corrected chi connectivity index (χ0v) is 28.8. The van der Waals surface area contributed by atoms with E-state index in [4.69, 9.17) is 18.9 Å². The number of rotatable bonds is 11. The maximum atomic E-state index is 13.3. The molecule has 3 heterocycles. The summed E-state index contributed by atoms with van der Waals surface area (Å²) in [5.74, 6) is 0.748. The Bertz CT molecular complexity index is 1950. The Morgan fingerprint density at radius 2 is 1.39 bits per heavy atom. The van der Waals surface area contributed by atoms with Crippen molar-refractivity contribution in [2.24, 2.45) is 0 Å². The Kier molecular flexibility index (Phi) is 9.93. The summed E-state index contributed by atoms with van der Waals surface area (Å²) >= 11 is -0.175. The summed E-state index contributed by atoms with van der Waals surface area (Å²) < 4.78 is 29.2. The molecule has 1 N–H and O–H groups in total. The van der Waals surface area contributed by atoms with E-state index in [1.165, 1.54) is 21.3 Å². The van der Waals surface area contributed by atoms with Crippen molar-refractivity contribution in [3.05, 3.63) is 175 Å². The predicted octanol–water partition coefficient (Wildman–Crippen LogP) is 4.02. The number of hydrogen-bond acceptors (Lipinski definition) is 7. The first-order chi connectivity index (χ1) is 24.1. The minimum atomic E-state index is -1.00. The van der Waals surface area contributed by atoms with E-state index in [0.717, 1.165) is 32.6 Å². The summed E-state index contributed by atoms with van der Waals surface area (Å²) in [5, 5.41) is 0. The van der Waals surface area contributed by atoms with E-state index in [0.29, 0.717) is 26.3 Å². The molecule has 49 heavy (non-hydrogen) atoms. The average Bonchev–Trinajstić information content (AvgIpc) is 3.51. The molecular weight excluding hydrogens is 685 g/mol. The Hall–Kier alpha value is -4.70. The molecule has 0 aliphatic carbocycles. The van der Waals surface area contributed by atoms with E-state index < -0.39 is 29.2 Å². The summed E-state index contributed by atoms with van der Waals surface area (Å²) in [6, 6.07) is 40.1. The fraction of sp³-hybridized carbons (Fsp3) is 0.231. The normalized spacial score (nSPS) is 18.1. The van der Waals surface area contributed by atoms with Gasteiger partial charge in [0.25, 0.3) is 0 Å². The molecule has 1 saturated heterocycles. The second-order valence-electron chi connectivity index (χ2n) is 11.7. The Labute approximate surface area is 290 Å². The van der Waals surface area contributed by atoms with Gasteiger partial charge in [0.15, 0.2) is 0 Å². The molecule has 0 bridgehead atoms. The predicted molar refractivity (Wildman–Crippen MR) is 188 cm³/mol. The molecule has 9 nitrogen and oxygen atoms in total. The molecule has 2 aliphatic rings. The summed E-state index contributed by atoms with van der Waals surface area (Å²) in [5.41, 5.74) is 1.79. The first kappa shape index (κ1) is 32.8. The molecule has 0 saturated carbocycles. The number of aromatic nitrogens is 2. The van der Waals surface area contributed by atoms with Crippen LogP contribution in [0.15, 0.2) is 147 Å². The van der Waals surface area contributed by atoms with Gasteiger partial charge in [0, 0.05) is 0 Å². The molecule has 10 heteroatoms. The fourth-order valence-corrected chi connectivity index (χ4v) is 8.85. The second-order valence-corrected chi connectivity index (χ2v) is 14.1. The van der Waals surface area contributed by atoms with Crippen molar-refractivity contribution in [1.82, 2.24) is 14.5 Å². The maximum absolute atomic E-state index is 13.3. The summed E-state index contributed by atoms with van der Waals surface area (Å²) in [6.45, 7) is 2.61. The van der Waals surface area contributed by atoms with Crippen molar-refractivity contribution < 1.29 is 18.9 Å². The third kappa shape index (κ3) is 6.79. The molecule has 0 radical (unpaired) electrons. The van der Waals surface area contributed by atoms with Gasteiger partial charge < -0.3 is 0 Å². The van der Waals surface area contributed by atoms with Crippen LogP contribution in [0.5, 0.6) is 5.75 Å². The fourth-order valence-electron chi connectivity index (χ4n) is 6.46. The first-order valence-electron chi connectivity index (χ1n) is 16.2. The zero-order valence-electron chi connectivity index (χ0n) is 27.1. The van der Waals surface area contributed by atoms with Crippen LogP contribution in [-0.4, -0.2) is 75.5 Å². The van der Waals surface area contributed by atoms with Crippen LogP contribution >= 0.6 is 0 Å². The molecule has 0 amide bonds. The van der Waals surface area contributed by atoms with Crippen molar-refractivity contribution in [2.75, 3.05) is 40.0 Å². The Morgan fingerprint density at radius 1 is 0.796 bits per heavy atom. The Balaban J connectivity index is 1.37. The van der Waals surface area contributed by atoms with E-state index >= 15 is 0 Å². The number of methoxy groups -OCH3 is 1. The van der Waals surface area contributed by atoms with Crippen molar-refractivity contribution >= 4 is 19.4 Å². The molecule has 2 atom stereocenters. The first-order valence-corrected chi connectivity index (χ1v) is 17.9. The van der Waals surface area contributed by atoms with Crippen LogP contribution in [-0.2, 0) is 19.8 Å². The number of aromatic amines is 1. The number of H-pyrrole nitrogens is 1. The van der Waals surface area contributed by atoms with E-state index in [9.17, 15) is 9.59 Å². The van der Waals surface area contributed by atoms with Gasteiger partial charge in [0.05, 0.1) is 0 Å². The molecule has 5 aromatic rings. The van der Waals surface area contributed by atoms with Gasteiger partial charge in [-0.1, -0.05) is 0 Å². The van der Waals surface area contributed by atoms with Crippen LogP contribution in [0, 0.1) is 0 Å². The molecule has 2 aliphatic heterocycles. The molecule has 0 spiro atoms. The van der Waals surface area contributed by atoms with E-state index in [2.05, 4.69) is 46.3 Å². The van der Waals surface area contributed by atoms with Crippen LogP contribution in [0.1, 0.15) is 22.9 Å². The van der Waals surface area contributed by atoms with E-state index in [1.807, 2.05) is 78.9 Å². The molecule has 4 aromatic carbocycles. The zero-order chi connectivity index (χ0) is 33.6. The van der Waals surface area contributed by atoms with E-state index in [1.54, 1.807) is 7.11 Å². The molecule has 0 unspecified atom stereocenters. The number of nitrogens with zero attached hydrogens (tertiary/aromatic N) is 2. The second kappa shape index (κ2) is 14.8. The monoisotopic (exact) mass is 723 g/mol. The van der Waals surface area contributed by atoms with Gasteiger partial charge in [-0.25, -0.2) is 0 Å². The topological polar surface area (TPSA) is 95.0 Å². The van der Waals surface area contributed by atoms with Crippen LogP contribution in [0.4, 0.5) is 0 Å². The van der Waals surface area contributed by atoms with Crippen LogP contribution in [0.25, 0.3) is 0 Å². The summed E-state index contributed by atoms with van der Waals surface area (Å²) in [4.78, 5) is 30.1. The van der Waals surface area contributed by atoms with Crippen LogP contribution in [0.3, 0.4) is 0 Å². The van der Waals surface area contributed by atoms with Crippen LogP contribution < -0.4 is 20.4 Å². The number of nitrogens with one attached hydrogen (secondary N) is 1. The quantitative estimate of drug-likeness (QED) is 0.163. The average molecular weight is 723 g/mol. The summed E-state index contributed by atoms with van der Waals surface area (Å²) in [7, 11) is 1.66. The SMILES string of the molecule is COc1ccc(C(OC[C@H]2O[C@@H](n3ccc(=O)[nH]c3=O)C(N3CCOCC3)=C2[Se]c2ccccc2)(c2ccccc2)c2ccccc2)cc1. The van der Waals surface area contributed by atoms with Crippen molar-refractivity contribution in [3.63, 3.8) is 0 Å². The van der Waals surface area contributed by atoms with Gasteiger partial charge in [-0.15, -0.1) is 0 Å². The minimum absolute atomic E-state index is 0.175. The van der Waals surface area contributed by atoms with Crippen LogP contribution in [0.2, 0.25) is 0 Å². The van der Waals surface area contributed by atoms with Gasteiger partial charge in [-0.3, -0.25) is 0 Å². The molecule has 7 rings (SSSR count). The van der Waals surface area contributed by atoms with Gasteiger partial charge in [0.1, 0.15) is 0 Å². The third-order valence-electron chi connectivity index (χ3n) is 8.81. The molecule has 1 aromatic heterocycles. The number of benzene rings is 4. The van der Waals surface area contributed by atoms with Gasteiger partial charge in [-0.2, -0.15) is 0 Å². The van der Waals surface area contributed by atoms with E-state index in [-0.39, 0.29) is 21.6 Å². The van der Waals surface area contributed by atoms with Gasteiger partial charge in [-0.05, 0) is 0 Å². The number of ether oxygens (including phenoxy) is 4. The summed E-state index contributed by atoms with van der Waals surface area (Å²) in [6.07, 6.45) is 0.241. The number of morpholine rings is 1.